The van der Waals surface area contributed by atoms with E-state index in [1.807, 2.05) is 25.1 Å². The summed E-state index contributed by atoms with van der Waals surface area (Å²) in [7, 11) is 0. The van der Waals surface area contributed by atoms with Gasteiger partial charge in [0.2, 0.25) is 0 Å². The van der Waals surface area contributed by atoms with Gasteiger partial charge < -0.3 is 5.73 Å². The van der Waals surface area contributed by atoms with Gasteiger partial charge in [0.25, 0.3) is 0 Å². The lowest BCUT2D eigenvalue weighted by Crippen LogP contribution is -2.02. The van der Waals surface area contributed by atoms with Crippen molar-refractivity contribution < 1.29 is 0 Å². The van der Waals surface area contributed by atoms with E-state index >= 15 is 0 Å². The minimum atomic E-state index is 0.657. The van der Waals surface area contributed by atoms with E-state index in [0.29, 0.717) is 5.69 Å². The number of hydrogen-bond donors (Lipinski definition) is 1. The predicted octanol–water partition coefficient (Wildman–Crippen LogP) is 1.96. The van der Waals surface area contributed by atoms with Crippen molar-refractivity contribution in [2.75, 3.05) is 5.73 Å². The molecule has 0 saturated heterocycles. The van der Waals surface area contributed by atoms with Crippen LogP contribution in [0.15, 0.2) is 36.5 Å². The molecule has 0 aliphatic rings. The zero-order valence-corrected chi connectivity index (χ0v) is 8.64. The summed E-state index contributed by atoms with van der Waals surface area (Å²) in [5.41, 5.74) is 8.58. The molecule has 0 spiro atoms. The van der Waals surface area contributed by atoms with Gasteiger partial charge in [0, 0.05) is 6.42 Å². The van der Waals surface area contributed by atoms with Crippen molar-refractivity contribution >= 4 is 5.69 Å². The first-order valence-corrected chi connectivity index (χ1v) is 4.87. The Labute approximate surface area is 89.0 Å². The second-order valence-electron chi connectivity index (χ2n) is 3.48. The molecule has 0 aliphatic carbocycles. The van der Waals surface area contributed by atoms with Gasteiger partial charge in [0.05, 0.1) is 17.6 Å². The van der Waals surface area contributed by atoms with Crippen LogP contribution in [0.5, 0.6) is 0 Å². The predicted molar refractivity (Wildman–Crippen MR) is 60.4 cm³/mol. The number of rotatable bonds is 2. The fourth-order valence-electron chi connectivity index (χ4n) is 1.46. The summed E-state index contributed by atoms with van der Waals surface area (Å²) in [6.45, 7) is 1.87. The first-order valence-electron chi connectivity index (χ1n) is 4.87. The quantitative estimate of drug-likeness (QED) is 0.804. The van der Waals surface area contributed by atoms with Crippen molar-refractivity contribution in [1.29, 1.82) is 0 Å². The fourth-order valence-corrected chi connectivity index (χ4v) is 1.46. The molecule has 2 aromatic rings. The van der Waals surface area contributed by atoms with Crippen LogP contribution >= 0.6 is 0 Å². The molecule has 15 heavy (non-hydrogen) atoms. The van der Waals surface area contributed by atoms with Gasteiger partial charge in [-0.25, -0.2) is 9.97 Å². The van der Waals surface area contributed by atoms with Crippen molar-refractivity contribution in [1.82, 2.24) is 9.97 Å². The summed E-state index contributed by atoms with van der Waals surface area (Å²) in [5.74, 6) is 0.759. The number of aryl methyl sites for hydroxylation is 1. The Balaban J connectivity index is 2.28. The Bertz CT molecular complexity index is 452. The lowest BCUT2D eigenvalue weighted by Gasteiger charge is -2.04. The van der Waals surface area contributed by atoms with Crippen LogP contribution in [0.1, 0.15) is 17.1 Å². The van der Waals surface area contributed by atoms with Gasteiger partial charge in [-0.3, -0.25) is 0 Å². The molecule has 1 aromatic heterocycles. The monoisotopic (exact) mass is 199 g/mol. The van der Waals surface area contributed by atoms with Crippen molar-refractivity contribution in [2.45, 2.75) is 13.3 Å². The van der Waals surface area contributed by atoms with Crippen LogP contribution in [0.4, 0.5) is 5.69 Å². The zero-order chi connectivity index (χ0) is 10.7. The first kappa shape index (κ1) is 9.65. The molecule has 0 bridgehead atoms. The third-order valence-electron chi connectivity index (χ3n) is 2.23. The van der Waals surface area contributed by atoms with E-state index in [4.69, 9.17) is 5.73 Å². The van der Waals surface area contributed by atoms with Gasteiger partial charge in [-0.2, -0.15) is 0 Å². The van der Waals surface area contributed by atoms with Crippen LogP contribution < -0.4 is 5.73 Å². The standard InChI is InChI=1S/C12H13N3/c1-9-14-8-11(13)12(15-9)7-10-5-3-2-4-6-10/h2-6,8H,7,13H2,1H3. The molecule has 0 radical (unpaired) electrons. The minimum absolute atomic E-state index is 0.657. The third-order valence-corrected chi connectivity index (χ3v) is 2.23. The highest BCUT2D eigenvalue weighted by molar-refractivity contribution is 5.42. The van der Waals surface area contributed by atoms with Gasteiger partial charge in [0.15, 0.2) is 0 Å². The average molecular weight is 199 g/mol. The molecular formula is C12H13N3. The molecule has 2 rings (SSSR count). The number of nitrogens with zero attached hydrogens (tertiary/aromatic N) is 2. The van der Waals surface area contributed by atoms with Crippen molar-refractivity contribution in [3.05, 3.63) is 53.6 Å². The fraction of sp³-hybridized carbons (Fsp3) is 0.167. The third kappa shape index (κ3) is 2.31. The van der Waals surface area contributed by atoms with Crippen LogP contribution in [-0.2, 0) is 6.42 Å². The van der Waals surface area contributed by atoms with Crippen LogP contribution in [0.25, 0.3) is 0 Å². The minimum Gasteiger partial charge on any atom is -0.396 e. The first-order chi connectivity index (χ1) is 7.25. The van der Waals surface area contributed by atoms with E-state index in [1.165, 1.54) is 5.56 Å². The second-order valence-corrected chi connectivity index (χ2v) is 3.48. The highest BCUT2D eigenvalue weighted by Gasteiger charge is 2.03. The van der Waals surface area contributed by atoms with E-state index in [2.05, 4.69) is 22.1 Å². The van der Waals surface area contributed by atoms with Gasteiger partial charge in [-0.15, -0.1) is 0 Å². The summed E-state index contributed by atoms with van der Waals surface area (Å²) >= 11 is 0. The molecule has 0 fully saturated rings. The van der Waals surface area contributed by atoms with Crippen molar-refractivity contribution in [3.63, 3.8) is 0 Å². The second kappa shape index (κ2) is 4.09. The van der Waals surface area contributed by atoms with E-state index in [1.54, 1.807) is 6.20 Å². The molecule has 0 saturated carbocycles. The topological polar surface area (TPSA) is 51.8 Å². The molecule has 0 amide bonds. The molecule has 76 valence electrons. The van der Waals surface area contributed by atoms with Gasteiger partial charge >= 0.3 is 0 Å². The molecule has 0 aliphatic heterocycles. The lowest BCUT2D eigenvalue weighted by atomic mass is 10.1. The average Bonchev–Trinajstić information content (AvgIpc) is 2.25. The van der Waals surface area contributed by atoms with Crippen LogP contribution in [0, 0.1) is 6.92 Å². The van der Waals surface area contributed by atoms with Crippen LogP contribution in [-0.4, -0.2) is 9.97 Å². The molecule has 1 heterocycles. The Kier molecular flexibility index (Phi) is 2.63. The molecule has 3 nitrogen and oxygen atoms in total. The summed E-state index contributed by atoms with van der Waals surface area (Å²) in [5, 5.41) is 0. The normalized spacial score (nSPS) is 10.2. The highest BCUT2D eigenvalue weighted by Crippen LogP contribution is 2.12. The Morgan fingerprint density at radius 3 is 2.67 bits per heavy atom. The number of nitrogens with two attached hydrogens (primary N) is 1. The van der Waals surface area contributed by atoms with E-state index < -0.39 is 0 Å². The highest BCUT2D eigenvalue weighted by atomic mass is 14.9. The van der Waals surface area contributed by atoms with Crippen molar-refractivity contribution in [3.8, 4) is 0 Å². The molecule has 1 aromatic carbocycles. The Hall–Kier alpha value is -1.90. The van der Waals surface area contributed by atoms with Gasteiger partial charge in [-0.05, 0) is 12.5 Å². The molecule has 3 heteroatoms. The van der Waals surface area contributed by atoms with E-state index in [0.717, 1.165) is 17.9 Å². The van der Waals surface area contributed by atoms with E-state index in [-0.39, 0.29) is 0 Å². The van der Waals surface area contributed by atoms with Crippen LogP contribution in [0.3, 0.4) is 0 Å². The summed E-state index contributed by atoms with van der Waals surface area (Å²) in [6, 6.07) is 10.2. The summed E-state index contributed by atoms with van der Waals surface area (Å²) < 4.78 is 0. The van der Waals surface area contributed by atoms with Crippen molar-refractivity contribution in [2.24, 2.45) is 0 Å². The van der Waals surface area contributed by atoms with Gasteiger partial charge in [0.1, 0.15) is 5.82 Å². The maximum absolute atomic E-state index is 5.81. The van der Waals surface area contributed by atoms with Crippen LogP contribution in [0.2, 0.25) is 0 Å². The van der Waals surface area contributed by atoms with Gasteiger partial charge in [-0.1, -0.05) is 30.3 Å². The number of hydrogen-bond acceptors (Lipinski definition) is 3. The Morgan fingerprint density at radius 1 is 1.20 bits per heavy atom. The molecule has 0 unspecified atom stereocenters. The maximum Gasteiger partial charge on any atom is 0.125 e. The lowest BCUT2D eigenvalue weighted by molar-refractivity contribution is 0.974. The number of benzene rings is 1. The molecule has 0 atom stereocenters. The van der Waals surface area contributed by atoms with E-state index in [9.17, 15) is 0 Å². The summed E-state index contributed by atoms with van der Waals surface area (Å²) in [4.78, 5) is 8.38. The Morgan fingerprint density at radius 2 is 1.93 bits per heavy atom. The zero-order valence-electron chi connectivity index (χ0n) is 8.64. The number of nitrogen functional groups attached to an aromatic ring is 1. The molecular weight excluding hydrogens is 186 g/mol. The largest absolute Gasteiger partial charge is 0.396 e. The summed E-state index contributed by atoms with van der Waals surface area (Å²) in [6.07, 6.45) is 2.43. The number of anilines is 1. The SMILES string of the molecule is Cc1ncc(N)c(Cc2ccccc2)n1. The number of aromatic nitrogens is 2. The molecule has 2 N–H and O–H groups in total. The maximum atomic E-state index is 5.81. The smallest absolute Gasteiger partial charge is 0.125 e.